The molecular formula is C13H21N3O2. The summed E-state index contributed by atoms with van der Waals surface area (Å²) < 4.78 is 0. The van der Waals surface area contributed by atoms with E-state index in [9.17, 15) is 9.59 Å². The highest BCUT2D eigenvalue weighted by atomic mass is 16.2. The number of rotatable bonds is 5. The van der Waals surface area contributed by atoms with Crippen molar-refractivity contribution < 1.29 is 9.59 Å². The lowest BCUT2D eigenvalue weighted by Gasteiger charge is -2.36. The zero-order valence-electron chi connectivity index (χ0n) is 10.9. The van der Waals surface area contributed by atoms with E-state index in [-0.39, 0.29) is 24.4 Å². The minimum Gasteiger partial charge on any atom is -0.329 e. The van der Waals surface area contributed by atoms with Crippen LogP contribution in [-0.4, -0.2) is 60.4 Å². The molecule has 1 unspecified atom stereocenters. The van der Waals surface area contributed by atoms with Gasteiger partial charge in [0, 0.05) is 19.6 Å². The summed E-state index contributed by atoms with van der Waals surface area (Å²) in [6, 6.07) is -0.210. The molecule has 5 nitrogen and oxygen atoms in total. The Kier molecular flexibility index (Phi) is 4.01. The molecule has 18 heavy (non-hydrogen) atoms. The van der Waals surface area contributed by atoms with Crippen molar-refractivity contribution in [1.82, 2.24) is 15.1 Å². The first kappa shape index (κ1) is 13.1. The average Bonchev–Trinajstić information content (AvgIpc) is 2.83. The second-order valence-corrected chi connectivity index (χ2v) is 4.97. The van der Waals surface area contributed by atoms with Crippen LogP contribution in [0, 0.1) is 0 Å². The Morgan fingerprint density at radius 1 is 1.50 bits per heavy atom. The molecule has 5 heteroatoms. The first-order valence-corrected chi connectivity index (χ1v) is 6.59. The largest absolute Gasteiger partial charge is 0.329 e. The molecule has 2 heterocycles. The van der Waals surface area contributed by atoms with Crippen molar-refractivity contribution in [2.75, 3.05) is 32.7 Å². The number of fused-ring (bicyclic) bond motifs is 1. The molecule has 2 aliphatic heterocycles. The molecule has 0 aliphatic carbocycles. The molecule has 0 aromatic carbocycles. The van der Waals surface area contributed by atoms with Crippen LogP contribution in [0.25, 0.3) is 0 Å². The summed E-state index contributed by atoms with van der Waals surface area (Å²) in [6.45, 7) is 8.99. The average molecular weight is 251 g/mol. The third kappa shape index (κ3) is 2.56. The summed E-state index contributed by atoms with van der Waals surface area (Å²) in [5.41, 5.74) is 0.949. The normalized spacial score (nSPS) is 23.5. The van der Waals surface area contributed by atoms with E-state index in [0.717, 1.165) is 31.5 Å². The van der Waals surface area contributed by atoms with Gasteiger partial charge in [0.05, 0.1) is 0 Å². The Balaban J connectivity index is 1.95. The Labute approximate surface area is 108 Å². The minimum absolute atomic E-state index is 0.0772. The number of amides is 2. The predicted octanol–water partition coefficient (Wildman–Crippen LogP) is -0.0147. The summed E-state index contributed by atoms with van der Waals surface area (Å²) in [7, 11) is 0. The highest BCUT2D eigenvalue weighted by Gasteiger charge is 2.41. The van der Waals surface area contributed by atoms with Gasteiger partial charge in [-0.25, -0.2) is 0 Å². The van der Waals surface area contributed by atoms with E-state index in [4.69, 9.17) is 0 Å². The molecule has 2 fully saturated rings. The third-order valence-electron chi connectivity index (χ3n) is 3.54. The molecule has 1 atom stereocenters. The number of nitrogens with zero attached hydrogens (tertiary/aromatic N) is 2. The molecule has 100 valence electrons. The second kappa shape index (κ2) is 5.52. The highest BCUT2D eigenvalue weighted by molar-refractivity contribution is 5.95. The van der Waals surface area contributed by atoms with Crippen molar-refractivity contribution in [2.45, 2.75) is 25.8 Å². The van der Waals surface area contributed by atoms with Crippen molar-refractivity contribution in [3.8, 4) is 0 Å². The van der Waals surface area contributed by atoms with Gasteiger partial charge in [0.1, 0.15) is 12.6 Å². The molecule has 0 radical (unpaired) electrons. The van der Waals surface area contributed by atoms with Crippen LogP contribution in [0.15, 0.2) is 12.2 Å². The van der Waals surface area contributed by atoms with Crippen LogP contribution in [0.2, 0.25) is 0 Å². The zero-order chi connectivity index (χ0) is 13.1. The first-order chi connectivity index (χ1) is 8.63. The van der Waals surface area contributed by atoms with Gasteiger partial charge in [-0.1, -0.05) is 13.5 Å². The van der Waals surface area contributed by atoms with Gasteiger partial charge in [-0.3, -0.25) is 9.59 Å². The molecule has 2 rings (SSSR count). The van der Waals surface area contributed by atoms with Crippen LogP contribution in [0.5, 0.6) is 0 Å². The standard InChI is InChI=1S/C13H21N3O2/c1-3-14-7-10(2)8-15-9-12(17)16-6-4-5-11(16)13(15)18/h11,14H,2-9H2,1H3. The summed E-state index contributed by atoms with van der Waals surface area (Å²) in [5, 5.41) is 3.18. The third-order valence-corrected chi connectivity index (χ3v) is 3.54. The van der Waals surface area contributed by atoms with Crippen molar-refractivity contribution in [1.29, 1.82) is 0 Å². The van der Waals surface area contributed by atoms with Crippen LogP contribution in [-0.2, 0) is 9.59 Å². The smallest absolute Gasteiger partial charge is 0.246 e. The van der Waals surface area contributed by atoms with Crippen LogP contribution in [0.3, 0.4) is 0 Å². The number of piperazine rings is 1. The number of carbonyl (C=O) groups excluding carboxylic acids is 2. The quantitative estimate of drug-likeness (QED) is 0.699. The van der Waals surface area contributed by atoms with E-state index in [2.05, 4.69) is 11.9 Å². The van der Waals surface area contributed by atoms with Gasteiger partial charge in [0.2, 0.25) is 11.8 Å². The Morgan fingerprint density at radius 2 is 2.28 bits per heavy atom. The second-order valence-electron chi connectivity index (χ2n) is 4.97. The number of hydrogen-bond donors (Lipinski definition) is 1. The number of likely N-dealkylation sites (N-methyl/N-ethyl adjacent to an activating group) is 1. The number of nitrogens with one attached hydrogen (secondary N) is 1. The Morgan fingerprint density at radius 3 is 3.00 bits per heavy atom. The van der Waals surface area contributed by atoms with Gasteiger partial charge in [-0.15, -0.1) is 0 Å². The molecule has 2 saturated heterocycles. The fraction of sp³-hybridized carbons (Fsp3) is 0.692. The van der Waals surface area contributed by atoms with Crippen LogP contribution < -0.4 is 5.32 Å². The first-order valence-electron chi connectivity index (χ1n) is 6.59. The number of hydrogen-bond acceptors (Lipinski definition) is 3. The van der Waals surface area contributed by atoms with Gasteiger partial charge < -0.3 is 15.1 Å². The van der Waals surface area contributed by atoms with Crippen LogP contribution in [0.1, 0.15) is 19.8 Å². The lowest BCUT2D eigenvalue weighted by Crippen LogP contribution is -2.57. The fourth-order valence-electron chi connectivity index (χ4n) is 2.63. The maximum absolute atomic E-state index is 12.2. The van der Waals surface area contributed by atoms with Gasteiger partial charge in [0.25, 0.3) is 0 Å². The predicted molar refractivity (Wildman–Crippen MR) is 69.0 cm³/mol. The van der Waals surface area contributed by atoms with Crippen molar-refractivity contribution in [2.24, 2.45) is 0 Å². The summed E-state index contributed by atoms with van der Waals surface area (Å²) >= 11 is 0. The van der Waals surface area contributed by atoms with Gasteiger partial charge in [-0.2, -0.15) is 0 Å². The fourth-order valence-corrected chi connectivity index (χ4v) is 2.63. The Hall–Kier alpha value is -1.36. The summed E-state index contributed by atoms with van der Waals surface area (Å²) in [4.78, 5) is 27.5. The molecule has 0 bridgehead atoms. The molecule has 0 aromatic rings. The van der Waals surface area contributed by atoms with E-state index in [1.165, 1.54) is 0 Å². The van der Waals surface area contributed by atoms with E-state index < -0.39 is 0 Å². The summed E-state index contributed by atoms with van der Waals surface area (Å²) in [5.74, 6) is 0.165. The molecule has 2 amide bonds. The number of carbonyl (C=O) groups is 2. The lowest BCUT2D eigenvalue weighted by molar-refractivity contribution is -0.153. The highest BCUT2D eigenvalue weighted by Crippen LogP contribution is 2.23. The topological polar surface area (TPSA) is 52.7 Å². The molecular weight excluding hydrogens is 230 g/mol. The van der Waals surface area contributed by atoms with E-state index in [1.54, 1.807) is 9.80 Å². The minimum atomic E-state index is -0.210. The van der Waals surface area contributed by atoms with Crippen molar-refractivity contribution in [3.63, 3.8) is 0 Å². The molecule has 1 N–H and O–H groups in total. The molecule has 2 aliphatic rings. The molecule has 0 aromatic heterocycles. The molecule has 0 spiro atoms. The van der Waals surface area contributed by atoms with Crippen LogP contribution >= 0.6 is 0 Å². The van der Waals surface area contributed by atoms with Gasteiger partial charge >= 0.3 is 0 Å². The van der Waals surface area contributed by atoms with E-state index >= 15 is 0 Å². The van der Waals surface area contributed by atoms with Crippen molar-refractivity contribution in [3.05, 3.63) is 12.2 Å². The van der Waals surface area contributed by atoms with Gasteiger partial charge in [-0.05, 0) is 25.0 Å². The van der Waals surface area contributed by atoms with Gasteiger partial charge in [0.15, 0.2) is 0 Å². The van der Waals surface area contributed by atoms with Crippen molar-refractivity contribution >= 4 is 11.8 Å². The van der Waals surface area contributed by atoms with Crippen LogP contribution in [0.4, 0.5) is 0 Å². The lowest BCUT2D eigenvalue weighted by atomic mass is 10.1. The van der Waals surface area contributed by atoms with E-state index in [1.807, 2.05) is 6.92 Å². The SMILES string of the molecule is C=C(CNCC)CN1CC(=O)N2CCCC2C1=O. The Bertz CT molecular complexity index is 367. The molecule has 0 saturated carbocycles. The maximum atomic E-state index is 12.2. The maximum Gasteiger partial charge on any atom is 0.246 e. The summed E-state index contributed by atoms with van der Waals surface area (Å²) in [6.07, 6.45) is 1.75. The zero-order valence-corrected chi connectivity index (χ0v) is 10.9. The van der Waals surface area contributed by atoms with E-state index in [0.29, 0.717) is 13.1 Å². The monoisotopic (exact) mass is 251 g/mol.